The van der Waals surface area contributed by atoms with Crippen molar-refractivity contribution in [2.75, 3.05) is 0 Å². The highest BCUT2D eigenvalue weighted by molar-refractivity contribution is 5.96. The van der Waals surface area contributed by atoms with Gasteiger partial charge in [-0.05, 0) is 24.1 Å². The summed E-state index contributed by atoms with van der Waals surface area (Å²) in [5, 5.41) is 21.1. The molecule has 0 saturated heterocycles. The van der Waals surface area contributed by atoms with Crippen molar-refractivity contribution in [3.63, 3.8) is 0 Å². The first kappa shape index (κ1) is 16.3. The number of aliphatic carboxylic acids is 1. The number of aliphatic hydroxyl groups is 1. The standard InChI is InChI=1S/C18H19NO5/c1-2-11-3-5-12(6-4-11)14-7-8-15(24-14)16(21)19-18(17(22)23)9-13(20)10-18/h3-8,13,20H,2,9-10H2,1H3,(H,19,21)(H,22,23). The average Bonchev–Trinajstić information content (AvgIpc) is 3.03. The fraction of sp³-hybridized carbons (Fsp3) is 0.333. The van der Waals surface area contributed by atoms with E-state index in [1.54, 1.807) is 6.07 Å². The maximum atomic E-state index is 12.3. The van der Waals surface area contributed by atoms with Gasteiger partial charge >= 0.3 is 5.97 Å². The number of furan rings is 1. The van der Waals surface area contributed by atoms with E-state index in [9.17, 15) is 19.8 Å². The topological polar surface area (TPSA) is 99.8 Å². The van der Waals surface area contributed by atoms with Gasteiger partial charge in [-0.15, -0.1) is 0 Å². The molecular formula is C18H19NO5. The van der Waals surface area contributed by atoms with E-state index in [0.717, 1.165) is 12.0 Å². The second kappa shape index (κ2) is 6.13. The monoisotopic (exact) mass is 329 g/mol. The molecule has 0 spiro atoms. The zero-order valence-corrected chi connectivity index (χ0v) is 13.3. The Kier molecular flexibility index (Phi) is 4.15. The van der Waals surface area contributed by atoms with Crippen molar-refractivity contribution in [2.24, 2.45) is 0 Å². The molecule has 0 radical (unpaired) electrons. The van der Waals surface area contributed by atoms with E-state index >= 15 is 0 Å². The number of rotatable bonds is 5. The second-order valence-electron chi connectivity index (χ2n) is 6.12. The number of aryl methyl sites for hydroxylation is 1. The third kappa shape index (κ3) is 2.92. The molecule has 2 aromatic rings. The Morgan fingerprint density at radius 3 is 2.42 bits per heavy atom. The first-order valence-corrected chi connectivity index (χ1v) is 7.86. The van der Waals surface area contributed by atoms with Crippen LogP contribution >= 0.6 is 0 Å². The van der Waals surface area contributed by atoms with Gasteiger partial charge in [-0.3, -0.25) is 4.79 Å². The summed E-state index contributed by atoms with van der Waals surface area (Å²) in [5.41, 5.74) is 0.639. The zero-order chi connectivity index (χ0) is 17.3. The molecule has 1 aromatic heterocycles. The number of hydrogen-bond acceptors (Lipinski definition) is 4. The molecule has 3 rings (SSSR count). The maximum absolute atomic E-state index is 12.3. The predicted molar refractivity (Wildman–Crippen MR) is 86.6 cm³/mol. The van der Waals surface area contributed by atoms with E-state index in [4.69, 9.17) is 4.42 Å². The Hall–Kier alpha value is -2.60. The zero-order valence-electron chi connectivity index (χ0n) is 13.3. The van der Waals surface area contributed by atoms with Gasteiger partial charge in [0, 0.05) is 18.4 Å². The molecule has 1 amide bonds. The number of carboxylic acids is 1. The highest BCUT2D eigenvalue weighted by atomic mass is 16.4. The van der Waals surface area contributed by atoms with Gasteiger partial charge in [-0.1, -0.05) is 31.2 Å². The van der Waals surface area contributed by atoms with Crippen molar-refractivity contribution in [3.8, 4) is 11.3 Å². The first-order chi connectivity index (χ1) is 11.4. The molecule has 0 bridgehead atoms. The number of carbonyl (C=O) groups excluding carboxylic acids is 1. The minimum absolute atomic E-state index is 0.000118. The van der Waals surface area contributed by atoms with Crippen molar-refractivity contribution in [1.82, 2.24) is 5.32 Å². The molecule has 0 atom stereocenters. The lowest BCUT2D eigenvalue weighted by Crippen LogP contribution is -2.64. The van der Waals surface area contributed by atoms with Crippen LogP contribution in [0, 0.1) is 0 Å². The van der Waals surface area contributed by atoms with Crippen LogP contribution in [0.25, 0.3) is 11.3 Å². The number of benzene rings is 1. The minimum atomic E-state index is -1.41. The van der Waals surface area contributed by atoms with Crippen LogP contribution in [0.15, 0.2) is 40.8 Å². The van der Waals surface area contributed by atoms with Crippen molar-refractivity contribution in [3.05, 3.63) is 47.7 Å². The van der Waals surface area contributed by atoms with Gasteiger partial charge < -0.3 is 19.9 Å². The lowest BCUT2D eigenvalue weighted by molar-refractivity contribution is -0.153. The number of hydrogen-bond donors (Lipinski definition) is 3. The number of amides is 1. The Labute approximate surface area is 139 Å². The summed E-state index contributed by atoms with van der Waals surface area (Å²) in [7, 11) is 0. The van der Waals surface area contributed by atoms with E-state index < -0.39 is 23.5 Å². The minimum Gasteiger partial charge on any atom is -0.480 e. The molecule has 0 aliphatic heterocycles. The highest BCUT2D eigenvalue weighted by Crippen LogP contribution is 2.33. The van der Waals surface area contributed by atoms with Crippen LogP contribution in [0.3, 0.4) is 0 Å². The van der Waals surface area contributed by atoms with Crippen LogP contribution in [-0.4, -0.2) is 33.7 Å². The van der Waals surface area contributed by atoms with Gasteiger partial charge in [0.25, 0.3) is 5.91 Å². The van der Waals surface area contributed by atoms with Gasteiger partial charge in [-0.25, -0.2) is 4.79 Å². The van der Waals surface area contributed by atoms with Gasteiger partial charge in [0.2, 0.25) is 0 Å². The summed E-state index contributed by atoms with van der Waals surface area (Å²) in [4.78, 5) is 23.6. The van der Waals surface area contributed by atoms with Crippen LogP contribution in [0.1, 0.15) is 35.9 Å². The number of carbonyl (C=O) groups is 2. The quantitative estimate of drug-likeness (QED) is 0.781. The van der Waals surface area contributed by atoms with Crippen LogP contribution in [0.4, 0.5) is 0 Å². The molecule has 126 valence electrons. The van der Waals surface area contributed by atoms with E-state index in [2.05, 4.69) is 12.2 Å². The Morgan fingerprint density at radius 2 is 1.88 bits per heavy atom. The summed E-state index contributed by atoms with van der Waals surface area (Å²) >= 11 is 0. The number of carboxylic acid groups (broad SMARTS) is 1. The van der Waals surface area contributed by atoms with Gasteiger partial charge in [0.05, 0.1) is 6.10 Å². The Bertz CT molecular complexity index is 756. The van der Waals surface area contributed by atoms with Crippen molar-refractivity contribution < 1.29 is 24.2 Å². The molecule has 1 aliphatic carbocycles. The summed E-state index contributed by atoms with van der Waals surface area (Å²) < 4.78 is 5.56. The largest absolute Gasteiger partial charge is 0.480 e. The molecule has 6 nitrogen and oxygen atoms in total. The SMILES string of the molecule is CCc1ccc(-c2ccc(C(=O)NC3(C(=O)O)CC(O)C3)o2)cc1. The summed E-state index contributed by atoms with van der Waals surface area (Å²) in [6, 6.07) is 11.0. The molecule has 3 N–H and O–H groups in total. The lowest BCUT2D eigenvalue weighted by atomic mass is 9.74. The van der Waals surface area contributed by atoms with Crippen LogP contribution < -0.4 is 5.32 Å². The molecular weight excluding hydrogens is 310 g/mol. The molecule has 24 heavy (non-hydrogen) atoms. The summed E-state index contributed by atoms with van der Waals surface area (Å²) in [6.07, 6.45) is 0.237. The van der Waals surface area contributed by atoms with Gasteiger partial charge in [0.15, 0.2) is 5.76 Å². The highest BCUT2D eigenvalue weighted by Gasteiger charge is 2.51. The van der Waals surface area contributed by atoms with Crippen LogP contribution in [-0.2, 0) is 11.2 Å². The molecule has 1 aromatic carbocycles. The van der Waals surface area contributed by atoms with Crippen molar-refractivity contribution in [1.29, 1.82) is 0 Å². The maximum Gasteiger partial charge on any atom is 0.329 e. The fourth-order valence-electron chi connectivity index (χ4n) is 2.87. The van der Waals surface area contributed by atoms with Crippen LogP contribution in [0.2, 0.25) is 0 Å². The lowest BCUT2D eigenvalue weighted by Gasteiger charge is -2.41. The van der Waals surface area contributed by atoms with E-state index in [1.165, 1.54) is 11.6 Å². The average molecular weight is 329 g/mol. The van der Waals surface area contributed by atoms with Crippen molar-refractivity contribution >= 4 is 11.9 Å². The number of aliphatic hydroxyl groups excluding tert-OH is 1. The second-order valence-corrected chi connectivity index (χ2v) is 6.12. The smallest absolute Gasteiger partial charge is 0.329 e. The third-order valence-electron chi connectivity index (χ3n) is 4.41. The molecule has 1 fully saturated rings. The third-order valence-corrected chi connectivity index (χ3v) is 4.41. The number of nitrogens with one attached hydrogen (secondary N) is 1. The molecule has 6 heteroatoms. The van der Waals surface area contributed by atoms with E-state index in [-0.39, 0.29) is 18.6 Å². The van der Waals surface area contributed by atoms with Gasteiger partial charge in [0.1, 0.15) is 11.3 Å². The Balaban J connectivity index is 1.75. The van der Waals surface area contributed by atoms with Crippen LogP contribution in [0.5, 0.6) is 0 Å². The normalized spacial score (nSPS) is 22.7. The Morgan fingerprint density at radius 1 is 1.21 bits per heavy atom. The molecule has 1 heterocycles. The fourth-order valence-corrected chi connectivity index (χ4v) is 2.87. The van der Waals surface area contributed by atoms with E-state index in [1.807, 2.05) is 24.3 Å². The predicted octanol–water partition coefficient (Wildman–Crippen LogP) is 2.22. The van der Waals surface area contributed by atoms with E-state index in [0.29, 0.717) is 5.76 Å². The molecule has 0 unspecified atom stereocenters. The molecule has 1 saturated carbocycles. The first-order valence-electron chi connectivity index (χ1n) is 7.86. The summed E-state index contributed by atoms with van der Waals surface area (Å²) in [6.45, 7) is 2.07. The molecule has 1 aliphatic rings. The van der Waals surface area contributed by atoms with Crippen molar-refractivity contribution in [2.45, 2.75) is 37.8 Å². The summed E-state index contributed by atoms with van der Waals surface area (Å²) in [5.74, 6) is -1.16. The van der Waals surface area contributed by atoms with Gasteiger partial charge in [-0.2, -0.15) is 0 Å².